The second kappa shape index (κ2) is 7.03. The highest BCUT2D eigenvalue weighted by atomic mass is 16.5. The molecule has 6 heteroatoms. The minimum atomic E-state index is -0.0877. The lowest BCUT2D eigenvalue weighted by Crippen LogP contribution is -2.43. The lowest BCUT2D eigenvalue weighted by atomic mass is 9.91. The molecule has 2 atom stereocenters. The fraction of sp³-hybridized carbons (Fsp3) is 0.348. The SMILES string of the molecule is COc1ccccc1[C@H]1C[C@@H](c2ccc(C)cc2)N(C(=O)C2CC2)c2ncnn21. The van der Waals surface area contributed by atoms with E-state index in [9.17, 15) is 4.79 Å². The summed E-state index contributed by atoms with van der Waals surface area (Å²) in [7, 11) is 1.68. The van der Waals surface area contributed by atoms with Crippen LogP contribution in [0.15, 0.2) is 54.9 Å². The van der Waals surface area contributed by atoms with Crippen molar-refractivity contribution in [3.8, 4) is 5.75 Å². The van der Waals surface area contributed by atoms with Gasteiger partial charge in [-0.3, -0.25) is 9.69 Å². The number of fused-ring (bicyclic) bond motifs is 1. The molecule has 0 N–H and O–H groups in total. The Bertz CT molecular complexity index is 1040. The standard InChI is InChI=1S/C23H24N4O2/c1-15-7-9-16(10-8-15)19-13-20(18-5-3-4-6-21(18)29-2)27-23(24-14-25-27)26(19)22(28)17-11-12-17/h3-10,14,17,19-20H,11-13H2,1-2H3/t19-,20+/m0/s1. The molecule has 29 heavy (non-hydrogen) atoms. The lowest BCUT2D eigenvalue weighted by molar-refractivity contribution is -0.120. The molecule has 0 unspecified atom stereocenters. The fourth-order valence-electron chi connectivity index (χ4n) is 4.25. The van der Waals surface area contributed by atoms with Crippen LogP contribution in [0.25, 0.3) is 0 Å². The van der Waals surface area contributed by atoms with Gasteiger partial charge in [0.25, 0.3) is 0 Å². The number of para-hydroxylation sites is 1. The van der Waals surface area contributed by atoms with Crippen molar-refractivity contribution in [3.05, 3.63) is 71.5 Å². The quantitative estimate of drug-likeness (QED) is 0.676. The van der Waals surface area contributed by atoms with Crippen molar-refractivity contribution in [2.45, 2.75) is 38.3 Å². The molecule has 1 amide bonds. The van der Waals surface area contributed by atoms with Gasteiger partial charge in [0.1, 0.15) is 12.1 Å². The number of methoxy groups -OCH3 is 1. The summed E-state index contributed by atoms with van der Waals surface area (Å²) in [5.41, 5.74) is 3.38. The molecule has 0 radical (unpaired) electrons. The van der Waals surface area contributed by atoms with E-state index in [1.807, 2.05) is 27.8 Å². The Balaban J connectivity index is 1.64. The Kier molecular flexibility index (Phi) is 4.34. The number of aryl methyl sites for hydroxylation is 1. The summed E-state index contributed by atoms with van der Waals surface area (Å²) in [6.45, 7) is 2.08. The predicted molar refractivity (Wildman–Crippen MR) is 110 cm³/mol. The molecule has 0 spiro atoms. The first kappa shape index (κ1) is 17.9. The molecule has 0 bridgehead atoms. The van der Waals surface area contributed by atoms with Crippen LogP contribution in [0.1, 0.15) is 48.0 Å². The number of rotatable bonds is 4. The summed E-state index contributed by atoms with van der Waals surface area (Å²) >= 11 is 0. The van der Waals surface area contributed by atoms with E-state index in [0.29, 0.717) is 5.95 Å². The summed E-state index contributed by atoms with van der Waals surface area (Å²) in [4.78, 5) is 19.6. The molecule has 0 saturated heterocycles. The summed E-state index contributed by atoms with van der Waals surface area (Å²) in [5.74, 6) is 1.71. The first-order chi connectivity index (χ1) is 14.2. The third-order valence-corrected chi connectivity index (χ3v) is 5.95. The maximum atomic E-state index is 13.3. The molecule has 2 aromatic carbocycles. The van der Waals surface area contributed by atoms with E-state index in [4.69, 9.17) is 4.74 Å². The summed E-state index contributed by atoms with van der Waals surface area (Å²) < 4.78 is 7.51. The Morgan fingerprint density at radius 2 is 1.83 bits per heavy atom. The number of amides is 1. The lowest BCUT2D eigenvalue weighted by Gasteiger charge is -2.39. The van der Waals surface area contributed by atoms with E-state index in [1.54, 1.807) is 13.4 Å². The van der Waals surface area contributed by atoms with Crippen LogP contribution in [0.4, 0.5) is 5.95 Å². The maximum Gasteiger partial charge on any atom is 0.233 e. The molecule has 1 saturated carbocycles. The Morgan fingerprint density at radius 3 is 2.55 bits per heavy atom. The van der Waals surface area contributed by atoms with Gasteiger partial charge in [-0.2, -0.15) is 10.1 Å². The first-order valence-electron chi connectivity index (χ1n) is 10.1. The molecule has 1 aliphatic carbocycles. The van der Waals surface area contributed by atoms with Gasteiger partial charge < -0.3 is 4.74 Å². The van der Waals surface area contributed by atoms with Crippen molar-refractivity contribution < 1.29 is 9.53 Å². The zero-order chi connectivity index (χ0) is 20.0. The number of aromatic nitrogens is 3. The van der Waals surface area contributed by atoms with Crippen LogP contribution in [-0.2, 0) is 4.79 Å². The molecule has 2 heterocycles. The number of ether oxygens (including phenoxy) is 1. The number of hydrogen-bond acceptors (Lipinski definition) is 4. The smallest absolute Gasteiger partial charge is 0.233 e. The van der Waals surface area contributed by atoms with E-state index in [0.717, 1.165) is 36.1 Å². The zero-order valence-electron chi connectivity index (χ0n) is 16.7. The summed E-state index contributed by atoms with van der Waals surface area (Å²) in [5, 5.41) is 4.50. The Labute approximate surface area is 170 Å². The number of hydrogen-bond donors (Lipinski definition) is 0. The van der Waals surface area contributed by atoms with Crippen LogP contribution in [0.2, 0.25) is 0 Å². The van der Waals surface area contributed by atoms with Crippen molar-refractivity contribution in [2.24, 2.45) is 5.92 Å². The average molecular weight is 388 g/mol. The Morgan fingerprint density at radius 1 is 1.07 bits per heavy atom. The van der Waals surface area contributed by atoms with Gasteiger partial charge in [0.05, 0.1) is 19.2 Å². The number of nitrogens with zero attached hydrogens (tertiary/aromatic N) is 4. The van der Waals surface area contributed by atoms with Gasteiger partial charge >= 0.3 is 0 Å². The van der Waals surface area contributed by atoms with Crippen LogP contribution in [-0.4, -0.2) is 27.8 Å². The van der Waals surface area contributed by atoms with E-state index >= 15 is 0 Å². The van der Waals surface area contributed by atoms with Gasteiger partial charge in [-0.1, -0.05) is 48.0 Å². The van der Waals surface area contributed by atoms with Crippen molar-refractivity contribution in [1.82, 2.24) is 14.8 Å². The van der Waals surface area contributed by atoms with E-state index < -0.39 is 0 Å². The number of carbonyl (C=O) groups excluding carboxylic acids is 1. The zero-order valence-corrected chi connectivity index (χ0v) is 16.7. The molecular formula is C23H24N4O2. The highest BCUT2D eigenvalue weighted by Gasteiger charge is 2.44. The molecular weight excluding hydrogens is 364 g/mol. The summed E-state index contributed by atoms with van der Waals surface area (Å²) in [6.07, 6.45) is 4.18. The minimum Gasteiger partial charge on any atom is -0.496 e. The average Bonchev–Trinajstić information content (AvgIpc) is 3.49. The highest BCUT2D eigenvalue weighted by molar-refractivity contribution is 5.96. The van der Waals surface area contributed by atoms with Crippen LogP contribution in [0.3, 0.4) is 0 Å². The van der Waals surface area contributed by atoms with Crippen LogP contribution >= 0.6 is 0 Å². The van der Waals surface area contributed by atoms with Crippen LogP contribution in [0, 0.1) is 12.8 Å². The predicted octanol–water partition coefficient (Wildman–Crippen LogP) is 4.07. The molecule has 5 rings (SSSR count). The first-order valence-corrected chi connectivity index (χ1v) is 10.1. The normalized spacial score (nSPS) is 21.0. The third-order valence-electron chi connectivity index (χ3n) is 5.95. The summed E-state index contributed by atoms with van der Waals surface area (Å²) in [6, 6.07) is 16.3. The van der Waals surface area contributed by atoms with Gasteiger partial charge in [0, 0.05) is 11.5 Å². The molecule has 6 nitrogen and oxygen atoms in total. The monoisotopic (exact) mass is 388 g/mol. The molecule has 1 fully saturated rings. The van der Waals surface area contributed by atoms with Gasteiger partial charge in [0.15, 0.2) is 0 Å². The molecule has 1 aromatic heterocycles. The fourth-order valence-corrected chi connectivity index (χ4v) is 4.25. The molecule has 148 valence electrons. The van der Waals surface area contributed by atoms with E-state index in [1.165, 1.54) is 5.56 Å². The van der Waals surface area contributed by atoms with Crippen molar-refractivity contribution in [2.75, 3.05) is 12.0 Å². The van der Waals surface area contributed by atoms with Gasteiger partial charge in [0.2, 0.25) is 11.9 Å². The second-order valence-corrected chi connectivity index (χ2v) is 7.91. The van der Waals surface area contributed by atoms with E-state index in [2.05, 4.69) is 47.3 Å². The minimum absolute atomic E-state index is 0.0572. The molecule has 1 aliphatic heterocycles. The number of anilines is 1. The van der Waals surface area contributed by atoms with Crippen molar-refractivity contribution in [1.29, 1.82) is 0 Å². The van der Waals surface area contributed by atoms with Crippen LogP contribution in [0.5, 0.6) is 5.75 Å². The Hall–Kier alpha value is -3.15. The third kappa shape index (κ3) is 3.09. The second-order valence-electron chi connectivity index (χ2n) is 7.91. The van der Waals surface area contributed by atoms with Crippen molar-refractivity contribution in [3.63, 3.8) is 0 Å². The maximum absolute atomic E-state index is 13.3. The van der Waals surface area contributed by atoms with Gasteiger partial charge in [-0.05, 0) is 37.8 Å². The number of benzene rings is 2. The molecule has 3 aromatic rings. The molecule has 2 aliphatic rings. The van der Waals surface area contributed by atoms with Gasteiger partial charge in [-0.25, -0.2) is 4.68 Å². The topological polar surface area (TPSA) is 60.2 Å². The van der Waals surface area contributed by atoms with E-state index in [-0.39, 0.29) is 23.9 Å². The van der Waals surface area contributed by atoms with Crippen molar-refractivity contribution >= 4 is 11.9 Å². The van der Waals surface area contributed by atoms with Gasteiger partial charge in [-0.15, -0.1) is 0 Å². The van der Waals surface area contributed by atoms with Crippen LogP contribution < -0.4 is 9.64 Å². The number of carbonyl (C=O) groups is 1. The largest absolute Gasteiger partial charge is 0.496 e. The highest BCUT2D eigenvalue weighted by Crippen LogP contribution is 2.46.